The molecule has 0 spiro atoms. The highest BCUT2D eigenvalue weighted by Gasteiger charge is 2.21. The number of carboxylic acids is 1. The van der Waals surface area contributed by atoms with Gasteiger partial charge >= 0.3 is 5.97 Å². The summed E-state index contributed by atoms with van der Waals surface area (Å²) in [7, 11) is 0. The summed E-state index contributed by atoms with van der Waals surface area (Å²) in [6, 6.07) is 5.47. The monoisotopic (exact) mass is 304 g/mol. The number of anilines is 1. The molecule has 0 aromatic heterocycles. The van der Waals surface area contributed by atoms with Crippen LogP contribution in [-0.2, 0) is 9.59 Å². The number of hydrogen-bond donors (Lipinski definition) is 3. The van der Waals surface area contributed by atoms with Gasteiger partial charge in [-0.15, -0.1) is 6.58 Å². The molecule has 1 aromatic rings. The zero-order chi connectivity index (χ0) is 16.5. The number of carboxylic acid groups (broad SMARTS) is 1. The molecule has 0 aliphatic carbocycles. The van der Waals surface area contributed by atoms with E-state index in [1.165, 1.54) is 13.0 Å². The minimum absolute atomic E-state index is 0.229. The van der Waals surface area contributed by atoms with Crippen molar-refractivity contribution in [1.29, 1.82) is 0 Å². The number of unbranched alkanes of at least 4 members (excludes halogenated alkanes) is 1. The highest BCUT2D eigenvalue weighted by atomic mass is 16.4. The third kappa shape index (κ3) is 5.40. The van der Waals surface area contributed by atoms with Crippen molar-refractivity contribution < 1.29 is 19.5 Å². The zero-order valence-corrected chi connectivity index (χ0v) is 12.5. The van der Waals surface area contributed by atoms with E-state index >= 15 is 0 Å². The van der Waals surface area contributed by atoms with Crippen molar-refractivity contribution in [3.63, 3.8) is 0 Å². The van der Waals surface area contributed by atoms with Crippen LogP contribution in [0.2, 0.25) is 0 Å². The van der Waals surface area contributed by atoms with Gasteiger partial charge in [-0.1, -0.05) is 18.2 Å². The largest absolute Gasteiger partial charge is 0.480 e. The summed E-state index contributed by atoms with van der Waals surface area (Å²) in [6.45, 7) is 4.91. The zero-order valence-electron chi connectivity index (χ0n) is 12.5. The second kappa shape index (κ2) is 8.61. The number of hydrogen-bond acceptors (Lipinski definition) is 3. The molecular weight excluding hydrogens is 284 g/mol. The summed E-state index contributed by atoms with van der Waals surface area (Å²) in [4.78, 5) is 34.6. The molecule has 1 rings (SSSR count). The highest BCUT2D eigenvalue weighted by Crippen LogP contribution is 2.15. The Labute approximate surface area is 129 Å². The van der Waals surface area contributed by atoms with E-state index in [1.807, 2.05) is 0 Å². The fourth-order valence-electron chi connectivity index (χ4n) is 1.94. The lowest BCUT2D eigenvalue weighted by Gasteiger charge is -2.16. The van der Waals surface area contributed by atoms with Crippen LogP contribution in [-0.4, -0.2) is 28.9 Å². The second-order valence-corrected chi connectivity index (χ2v) is 4.81. The fraction of sp³-hybridized carbons (Fsp3) is 0.312. The van der Waals surface area contributed by atoms with Gasteiger partial charge in [0.25, 0.3) is 5.91 Å². The molecule has 0 heterocycles. The lowest BCUT2D eigenvalue weighted by molar-refractivity contribution is -0.139. The molecule has 0 unspecified atom stereocenters. The lowest BCUT2D eigenvalue weighted by Crippen LogP contribution is -2.41. The van der Waals surface area contributed by atoms with E-state index in [0.717, 1.165) is 0 Å². The van der Waals surface area contributed by atoms with Gasteiger partial charge < -0.3 is 15.7 Å². The molecule has 0 radical (unpaired) electrons. The van der Waals surface area contributed by atoms with E-state index in [-0.39, 0.29) is 11.5 Å². The molecule has 118 valence electrons. The molecule has 2 amide bonds. The Morgan fingerprint density at radius 1 is 1.32 bits per heavy atom. The predicted molar refractivity (Wildman–Crippen MR) is 83.7 cm³/mol. The van der Waals surface area contributed by atoms with Crippen LogP contribution < -0.4 is 10.6 Å². The van der Waals surface area contributed by atoms with Crippen LogP contribution >= 0.6 is 0 Å². The first kappa shape index (κ1) is 17.4. The first-order valence-corrected chi connectivity index (χ1v) is 6.97. The van der Waals surface area contributed by atoms with Gasteiger partial charge in [0, 0.05) is 6.92 Å². The van der Waals surface area contributed by atoms with E-state index in [2.05, 4.69) is 17.2 Å². The average molecular weight is 304 g/mol. The van der Waals surface area contributed by atoms with Gasteiger partial charge in [0.15, 0.2) is 0 Å². The number of rotatable bonds is 8. The second-order valence-electron chi connectivity index (χ2n) is 4.81. The molecule has 0 fully saturated rings. The Hall–Kier alpha value is -2.63. The van der Waals surface area contributed by atoms with E-state index in [9.17, 15) is 19.5 Å². The van der Waals surface area contributed by atoms with Gasteiger partial charge in [0.1, 0.15) is 6.04 Å². The summed E-state index contributed by atoms with van der Waals surface area (Å²) >= 11 is 0. The number of allylic oxidation sites excluding steroid dienone is 1. The normalized spacial score (nSPS) is 11.3. The van der Waals surface area contributed by atoms with Crippen molar-refractivity contribution in [2.45, 2.75) is 32.2 Å². The Balaban J connectivity index is 2.83. The summed E-state index contributed by atoms with van der Waals surface area (Å²) < 4.78 is 0. The van der Waals surface area contributed by atoms with Crippen molar-refractivity contribution in [3.8, 4) is 0 Å². The van der Waals surface area contributed by atoms with Crippen LogP contribution in [0.4, 0.5) is 5.69 Å². The van der Waals surface area contributed by atoms with Crippen molar-refractivity contribution in [2.24, 2.45) is 0 Å². The summed E-state index contributed by atoms with van der Waals surface area (Å²) in [6.07, 6.45) is 3.32. The highest BCUT2D eigenvalue weighted by molar-refractivity contribution is 6.04. The number of para-hydroxylation sites is 1. The molecule has 0 bridgehead atoms. The Morgan fingerprint density at radius 3 is 2.59 bits per heavy atom. The van der Waals surface area contributed by atoms with Gasteiger partial charge in [-0.25, -0.2) is 4.79 Å². The van der Waals surface area contributed by atoms with E-state index in [1.54, 1.807) is 24.3 Å². The average Bonchev–Trinajstić information content (AvgIpc) is 2.46. The molecule has 0 aliphatic rings. The van der Waals surface area contributed by atoms with Crippen molar-refractivity contribution in [2.75, 3.05) is 5.32 Å². The van der Waals surface area contributed by atoms with Crippen LogP contribution in [0.1, 0.15) is 36.5 Å². The number of nitrogens with one attached hydrogen (secondary N) is 2. The molecule has 0 saturated heterocycles. The molecule has 0 saturated carbocycles. The molecule has 1 aromatic carbocycles. The van der Waals surface area contributed by atoms with Crippen molar-refractivity contribution in [1.82, 2.24) is 5.32 Å². The van der Waals surface area contributed by atoms with Gasteiger partial charge in [0.2, 0.25) is 5.91 Å². The Morgan fingerprint density at radius 2 is 2.00 bits per heavy atom. The van der Waals surface area contributed by atoms with E-state index < -0.39 is 17.9 Å². The summed E-state index contributed by atoms with van der Waals surface area (Å²) in [5.41, 5.74) is 0.579. The van der Waals surface area contributed by atoms with Crippen molar-refractivity contribution >= 4 is 23.5 Å². The molecule has 3 N–H and O–H groups in total. The standard InChI is InChI=1S/C16H20N2O4/c1-3-4-5-10-14(16(21)22)18-15(20)12-8-6-7-9-13(12)17-11(2)19/h3,6-9,14H,1,4-5,10H2,2H3,(H,17,19)(H,18,20)(H,21,22)/t14-/m1/s1. The third-order valence-corrected chi connectivity index (χ3v) is 2.99. The maximum absolute atomic E-state index is 12.2. The first-order valence-electron chi connectivity index (χ1n) is 6.97. The van der Waals surface area contributed by atoms with Crippen LogP contribution in [0.25, 0.3) is 0 Å². The first-order chi connectivity index (χ1) is 10.5. The van der Waals surface area contributed by atoms with E-state index in [4.69, 9.17) is 0 Å². The molecule has 6 heteroatoms. The van der Waals surface area contributed by atoms with Gasteiger partial charge in [0.05, 0.1) is 11.3 Å². The quantitative estimate of drug-likeness (QED) is 0.506. The third-order valence-electron chi connectivity index (χ3n) is 2.99. The number of aliphatic carboxylic acids is 1. The minimum Gasteiger partial charge on any atom is -0.480 e. The number of benzene rings is 1. The topological polar surface area (TPSA) is 95.5 Å². The minimum atomic E-state index is -1.09. The molecule has 6 nitrogen and oxygen atoms in total. The van der Waals surface area contributed by atoms with Gasteiger partial charge in [-0.05, 0) is 31.4 Å². The van der Waals surface area contributed by atoms with Gasteiger partial charge in [-0.3, -0.25) is 9.59 Å². The molecule has 0 aliphatic heterocycles. The molecule has 22 heavy (non-hydrogen) atoms. The molecule has 1 atom stereocenters. The summed E-state index contributed by atoms with van der Waals surface area (Å²) in [5, 5.41) is 14.2. The number of amides is 2. The van der Waals surface area contributed by atoms with E-state index in [0.29, 0.717) is 24.9 Å². The number of carbonyl (C=O) groups excluding carboxylic acids is 2. The van der Waals surface area contributed by atoms with Crippen LogP contribution in [0, 0.1) is 0 Å². The SMILES string of the molecule is C=CCCC[C@@H](NC(=O)c1ccccc1NC(C)=O)C(=O)O. The predicted octanol–water partition coefficient (Wildman–Crippen LogP) is 2.18. The smallest absolute Gasteiger partial charge is 0.326 e. The van der Waals surface area contributed by atoms with Crippen molar-refractivity contribution in [3.05, 3.63) is 42.5 Å². The van der Waals surface area contributed by atoms with Crippen LogP contribution in [0.5, 0.6) is 0 Å². The molecular formula is C16H20N2O4. The maximum Gasteiger partial charge on any atom is 0.326 e. The Bertz CT molecular complexity index is 569. The summed E-state index contributed by atoms with van der Waals surface area (Å²) in [5.74, 6) is -1.93. The van der Waals surface area contributed by atoms with Crippen LogP contribution in [0.3, 0.4) is 0 Å². The Kier molecular flexibility index (Phi) is 6.82. The van der Waals surface area contributed by atoms with Gasteiger partial charge in [-0.2, -0.15) is 0 Å². The fourth-order valence-corrected chi connectivity index (χ4v) is 1.94. The maximum atomic E-state index is 12.2. The number of carbonyl (C=O) groups is 3. The lowest BCUT2D eigenvalue weighted by atomic mass is 10.1. The van der Waals surface area contributed by atoms with Crippen LogP contribution in [0.15, 0.2) is 36.9 Å².